The van der Waals surface area contributed by atoms with Gasteiger partial charge in [0.05, 0.1) is 5.92 Å². The van der Waals surface area contributed by atoms with Gasteiger partial charge in [0.1, 0.15) is 11.8 Å². The van der Waals surface area contributed by atoms with Crippen molar-refractivity contribution in [2.45, 2.75) is 96.4 Å². The monoisotopic (exact) mass is 373 g/mol. The highest BCUT2D eigenvalue weighted by Gasteiger charge is 2.29. The van der Waals surface area contributed by atoms with Gasteiger partial charge >= 0.3 is 5.97 Å². The first-order chi connectivity index (χ1) is 12.0. The second-order valence-electron chi connectivity index (χ2n) is 7.03. The number of carbonyl (C=O) groups excluding carboxylic acids is 1. The van der Waals surface area contributed by atoms with E-state index >= 15 is 0 Å². The third kappa shape index (κ3) is 13.3. The van der Waals surface area contributed by atoms with Crippen LogP contribution in [0.25, 0.3) is 0 Å². The Bertz CT molecular complexity index is 350. The highest BCUT2D eigenvalue weighted by molar-refractivity contribution is 7.98. The first-order valence-corrected chi connectivity index (χ1v) is 11.4. The average Bonchev–Trinajstić information content (AvgIpc) is 2.59. The number of ketones is 1. The fraction of sp³-hybridized carbons (Fsp3) is 0.900. The maximum Gasteiger partial charge on any atom is 0.321 e. The molecular weight excluding hydrogens is 334 g/mol. The lowest BCUT2D eigenvalue weighted by atomic mass is 9.93. The minimum atomic E-state index is -1.08. The van der Waals surface area contributed by atoms with Gasteiger partial charge in [0, 0.05) is 12.2 Å². The molecular formula is C20H39NO3S. The molecule has 0 aromatic rings. The molecule has 0 aliphatic heterocycles. The van der Waals surface area contributed by atoms with Crippen LogP contribution in [0.3, 0.4) is 0 Å². The predicted molar refractivity (Wildman–Crippen MR) is 108 cm³/mol. The summed E-state index contributed by atoms with van der Waals surface area (Å²) in [4.78, 5) is 23.2. The van der Waals surface area contributed by atoms with Crippen LogP contribution < -0.4 is 5.73 Å². The molecule has 0 saturated heterocycles. The van der Waals surface area contributed by atoms with Crippen LogP contribution in [-0.2, 0) is 9.59 Å². The average molecular weight is 374 g/mol. The molecule has 0 fully saturated rings. The van der Waals surface area contributed by atoms with Crippen molar-refractivity contribution in [2.75, 3.05) is 12.0 Å². The third-order valence-corrected chi connectivity index (χ3v) is 5.45. The molecule has 0 aromatic carbocycles. The predicted octanol–water partition coefficient (Wildman–Crippen LogP) is 5.04. The maximum absolute atomic E-state index is 12.2. The van der Waals surface area contributed by atoms with E-state index in [0.29, 0.717) is 12.2 Å². The molecule has 0 heterocycles. The van der Waals surface area contributed by atoms with Gasteiger partial charge < -0.3 is 10.8 Å². The van der Waals surface area contributed by atoms with E-state index in [4.69, 9.17) is 10.8 Å². The summed E-state index contributed by atoms with van der Waals surface area (Å²) in [5, 5.41) is 9.01. The van der Waals surface area contributed by atoms with Gasteiger partial charge in [0.15, 0.2) is 0 Å². The maximum atomic E-state index is 12.2. The van der Waals surface area contributed by atoms with E-state index in [9.17, 15) is 9.59 Å². The van der Waals surface area contributed by atoms with Crippen LogP contribution in [0.5, 0.6) is 0 Å². The molecule has 25 heavy (non-hydrogen) atoms. The first kappa shape index (κ1) is 24.5. The number of aliphatic carboxylic acids is 1. The zero-order valence-electron chi connectivity index (χ0n) is 16.3. The molecule has 3 N–H and O–H groups in total. The van der Waals surface area contributed by atoms with Crippen molar-refractivity contribution in [3.63, 3.8) is 0 Å². The molecule has 4 nitrogen and oxygen atoms in total. The Labute approximate surface area is 158 Å². The molecule has 148 valence electrons. The van der Waals surface area contributed by atoms with Gasteiger partial charge in [-0.25, -0.2) is 0 Å². The summed E-state index contributed by atoms with van der Waals surface area (Å²) in [6.07, 6.45) is 17.4. The summed E-state index contributed by atoms with van der Waals surface area (Å²) in [6, 6.07) is -1.07. The summed E-state index contributed by atoms with van der Waals surface area (Å²) in [5.74, 6) is -1.14. The van der Waals surface area contributed by atoms with E-state index in [0.717, 1.165) is 12.8 Å². The fourth-order valence-electron chi connectivity index (χ4n) is 3.07. The van der Waals surface area contributed by atoms with Crippen LogP contribution in [0, 0.1) is 5.92 Å². The Balaban J connectivity index is 3.62. The molecule has 5 heteroatoms. The summed E-state index contributed by atoms with van der Waals surface area (Å²) in [7, 11) is 0. The molecule has 0 radical (unpaired) electrons. The van der Waals surface area contributed by atoms with Crippen LogP contribution >= 0.6 is 11.8 Å². The first-order valence-electron chi connectivity index (χ1n) is 10.0. The van der Waals surface area contributed by atoms with Crippen LogP contribution in [0.15, 0.2) is 0 Å². The number of carboxylic acids is 1. The minimum Gasteiger partial charge on any atom is -0.480 e. The molecule has 0 rings (SSSR count). The number of thioether (sulfide) groups is 1. The van der Waals surface area contributed by atoms with Crippen molar-refractivity contribution < 1.29 is 14.7 Å². The van der Waals surface area contributed by atoms with Crippen molar-refractivity contribution in [3.05, 3.63) is 0 Å². The third-order valence-electron chi connectivity index (χ3n) is 4.76. The Kier molecular flexibility index (Phi) is 16.5. The van der Waals surface area contributed by atoms with E-state index < -0.39 is 17.9 Å². The summed E-state index contributed by atoms with van der Waals surface area (Å²) in [5.41, 5.74) is 5.65. The number of carboxylic acid groups (broad SMARTS) is 1. The molecule has 1 unspecified atom stereocenters. The molecule has 0 amide bonds. The van der Waals surface area contributed by atoms with Crippen molar-refractivity contribution >= 4 is 23.5 Å². The molecule has 0 aliphatic carbocycles. The quantitative estimate of drug-likeness (QED) is 0.329. The highest BCUT2D eigenvalue weighted by atomic mass is 32.2. The smallest absolute Gasteiger partial charge is 0.321 e. The van der Waals surface area contributed by atoms with Crippen molar-refractivity contribution in [1.82, 2.24) is 0 Å². The van der Waals surface area contributed by atoms with Crippen molar-refractivity contribution in [1.29, 1.82) is 0 Å². The second kappa shape index (κ2) is 16.9. The Hall–Kier alpha value is -0.550. The lowest BCUT2D eigenvalue weighted by Gasteiger charge is -2.18. The van der Waals surface area contributed by atoms with Crippen LogP contribution in [-0.4, -0.2) is 34.9 Å². The van der Waals surface area contributed by atoms with E-state index in [1.54, 1.807) is 0 Å². The second-order valence-corrected chi connectivity index (χ2v) is 7.94. The number of hydrogen-bond acceptors (Lipinski definition) is 4. The highest BCUT2D eigenvalue weighted by Crippen LogP contribution is 2.16. The van der Waals surface area contributed by atoms with Crippen LogP contribution in [0.4, 0.5) is 0 Å². The topological polar surface area (TPSA) is 80.4 Å². The number of carbonyl (C=O) groups is 2. The molecule has 2 atom stereocenters. The molecule has 0 aliphatic rings. The Morgan fingerprint density at radius 3 is 1.72 bits per heavy atom. The normalized spacial score (nSPS) is 13.6. The molecule has 0 spiro atoms. The number of Topliss-reactive ketones (excluding diaryl/α,β-unsaturated/α-hetero) is 1. The Morgan fingerprint density at radius 1 is 0.880 bits per heavy atom. The van der Waals surface area contributed by atoms with E-state index in [1.165, 1.54) is 76.0 Å². The van der Waals surface area contributed by atoms with Crippen LogP contribution in [0.2, 0.25) is 0 Å². The number of unbranched alkanes of at least 4 members (excludes halogenated alkanes) is 11. The summed E-state index contributed by atoms with van der Waals surface area (Å²) in [6.45, 7) is 2.25. The van der Waals surface area contributed by atoms with Gasteiger partial charge in [-0.1, -0.05) is 77.6 Å². The minimum absolute atomic E-state index is 0.0105. The van der Waals surface area contributed by atoms with E-state index in [-0.39, 0.29) is 5.78 Å². The van der Waals surface area contributed by atoms with E-state index in [1.807, 2.05) is 6.26 Å². The van der Waals surface area contributed by atoms with Gasteiger partial charge in [0.2, 0.25) is 0 Å². The van der Waals surface area contributed by atoms with Crippen LogP contribution in [0.1, 0.15) is 90.4 Å². The zero-order chi connectivity index (χ0) is 18.9. The lowest BCUT2D eigenvalue weighted by Crippen LogP contribution is -2.43. The van der Waals surface area contributed by atoms with Gasteiger partial charge in [0.25, 0.3) is 0 Å². The lowest BCUT2D eigenvalue weighted by molar-refractivity contribution is -0.142. The largest absolute Gasteiger partial charge is 0.480 e. The van der Waals surface area contributed by atoms with Gasteiger partial charge in [-0.2, -0.15) is 11.8 Å². The van der Waals surface area contributed by atoms with Crippen molar-refractivity contribution in [2.24, 2.45) is 11.7 Å². The number of hydrogen-bond donors (Lipinski definition) is 2. The van der Waals surface area contributed by atoms with Gasteiger partial charge in [-0.05, 0) is 12.7 Å². The van der Waals surface area contributed by atoms with E-state index in [2.05, 4.69) is 6.92 Å². The Morgan fingerprint density at radius 2 is 1.32 bits per heavy atom. The van der Waals surface area contributed by atoms with Gasteiger partial charge in [-0.3, -0.25) is 9.59 Å². The zero-order valence-corrected chi connectivity index (χ0v) is 17.1. The summed E-state index contributed by atoms with van der Waals surface area (Å²) < 4.78 is 0. The molecule has 0 saturated carbocycles. The number of rotatable bonds is 18. The summed E-state index contributed by atoms with van der Waals surface area (Å²) >= 11 is 1.48. The molecule has 0 bridgehead atoms. The standard InChI is InChI=1S/C20H39NO3S/c1-3-4-5-6-7-8-9-10-11-12-13-14-15-18(22)17(16-25-2)19(21)20(23)24/h17,19H,3-16,21H2,1-2H3,(H,23,24)/t17?,19-/m0/s1. The SMILES string of the molecule is CCCCCCCCCCCCCCC(=O)C(CSC)[C@H](N)C(=O)O. The fourth-order valence-corrected chi connectivity index (χ4v) is 3.83. The number of nitrogens with two attached hydrogens (primary N) is 1. The molecule has 0 aromatic heterocycles. The van der Waals surface area contributed by atoms with Crippen molar-refractivity contribution in [3.8, 4) is 0 Å². The van der Waals surface area contributed by atoms with Gasteiger partial charge in [-0.15, -0.1) is 0 Å².